The number of thiophene rings is 1. The first-order valence-electron chi connectivity index (χ1n) is 6.78. The van der Waals surface area contributed by atoms with Crippen LogP contribution >= 0.6 is 11.3 Å². The van der Waals surface area contributed by atoms with Gasteiger partial charge in [0.25, 0.3) is 5.69 Å². The van der Waals surface area contributed by atoms with E-state index in [4.69, 9.17) is 4.74 Å². The lowest BCUT2D eigenvalue weighted by molar-refractivity contribution is -0.384. The predicted molar refractivity (Wildman–Crippen MR) is 85.7 cm³/mol. The van der Waals surface area contributed by atoms with E-state index in [1.807, 2.05) is 29.6 Å². The standard InChI is InChI=1S/C16H10N2O4S/c1-22-11-4-2-9(3-5-11)12-8-23-16-14(12)17-7-10(18(20)21)6-13(17)15(16)19/h2-8H,1H3. The molecule has 1 aliphatic heterocycles. The molecule has 0 bridgehead atoms. The van der Waals surface area contributed by atoms with Gasteiger partial charge in [-0.15, -0.1) is 11.3 Å². The van der Waals surface area contributed by atoms with Gasteiger partial charge in [-0.1, -0.05) is 12.1 Å². The van der Waals surface area contributed by atoms with Gasteiger partial charge < -0.3 is 9.30 Å². The van der Waals surface area contributed by atoms with Crippen molar-refractivity contribution in [1.82, 2.24) is 4.57 Å². The van der Waals surface area contributed by atoms with Gasteiger partial charge in [-0.2, -0.15) is 0 Å². The van der Waals surface area contributed by atoms with Crippen molar-refractivity contribution in [2.75, 3.05) is 7.11 Å². The Hall–Kier alpha value is -2.93. The molecule has 114 valence electrons. The summed E-state index contributed by atoms with van der Waals surface area (Å²) in [6, 6.07) is 8.82. The summed E-state index contributed by atoms with van der Waals surface area (Å²) in [6.07, 6.45) is 1.40. The van der Waals surface area contributed by atoms with E-state index >= 15 is 0 Å². The van der Waals surface area contributed by atoms with Crippen LogP contribution in [0.2, 0.25) is 0 Å². The van der Waals surface area contributed by atoms with Gasteiger partial charge in [0, 0.05) is 17.0 Å². The van der Waals surface area contributed by atoms with E-state index < -0.39 is 4.92 Å². The molecule has 4 rings (SSSR count). The number of carbonyl (C=O) groups is 1. The summed E-state index contributed by atoms with van der Waals surface area (Å²) in [7, 11) is 1.60. The molecule has 23 heavy (non-hydrogen) atoms. The van der Waals surface area contributed by atoms with Crippen LogP contribution in [0, 0.1) is 10.1 Å². The van der Waals surface area contributed by atoms with E-state index in [9.17, 15) is 14.9 Å². The molecule has 0 spiro atoms. The fourth-order valence-corrected chi connectivity index (χ4v) is 3.77. The number of aromatic nitrogens is 1. The molecule has 6 nitrogen and oxygen atoms in total. The van der Waals surface area contributed by atoms with E-state index in [1.54, 1.807) is 11.7 Å². The van der Waals surface area contributed by atoms with E-state index in [2.05, 4.69) is 0 Å². The highest BCUT2D eigenvalue weighted by molar-refractivity contribution is 7.13. The Bertz CT molecular complexity index is 953. The minimum atomic E-state index is -0.488. The number of ether oxygens (including phenoxy) is 1. The number of fused-ring (bicyclic) bond motifs is 3. The molecule has 0 amide bonds. The van der Waals surface area contributed by atoms with Crippen molar-refractivity contribution in [2.24, 2.45) is 0 Å². The van der Waals surface area contributed by atoms with Crippen LogP contribution in [0.1, 0.15) is 15.4 Å². The zero-order valence-electron chi connectivity index (χ0n) is 12.0. The first kappa shape index (κ1) is 13.7. The molecule has 0 radical (unpaired) electrons. The molecule has 3 aromatic rings. The van der Waals surface area contributed by atoms with Crippen molar-refractivity contribution in [3.63, 3.8) is 0 Å². The number of rotatable bonds is 3. The molecule has 0 unspecified atom stereocenters. The number of hydrogen-bond acceptors (Lipinski definition) is 5. The molecule has 0 atom stereocenters. The summed E-state index contributed by atoms with van der Waals surface area (Å²) in [6.45, 7) is 0. The quantitative estimate of drug-likeness (QED) is 0.425. The van der Waals surface area contributed by atoms with Crippen LogP contribution in [0.25, 0.3) is 16.8 Å². The highest BCUT2D eigenvalue weighted by Crippen LogP contribution is 2.42. The third kappa shape index (κ3) is 1.90. The number of ketones is 1. The van der Waals surface area contributed by atoms with Gasteiger partial charge in [-0.05, 0) is 17.7 Å². The molecular formula is C16H10N2O4S. The van der Waals surface area contributed by atoms with Crippen LogP contribution in [0.15, 0.2) is 41.9 Å². The third-order valence-corrected chi connectivity index (χ3v) is 4.83. The number of hydrogen-bond donors (Lipinski definition) is 0. The normalized spacial score (nSPS) is 12.1. The predicted octanol–water partition coefficient (Wildman–Crippen LogP) is 3.67. The van der Waals surface area contributed by atoms with Gasteiger partial charge in [0.1, 0.15) is 16.3 Å². The van der Waals surface area contributed by atoms with Crippen molar-refractivity contribution in [3.8, 4) is 22.6 Å². The van der Waals surface area contributed by atoms with Crippen LogP contribution in [0.5, 0.6) is 5.75 Å². The number of benzene rings is 1. The lowest BCUT2D eigenvalue weighted by Crippen LogP contribution is -1.94. The summed E-state index contributed by atoms with van der Waals surface area (Å²) >= 11 is 1.36. The van der Waals surface area contributed by atoms with E-state index in [-0.39, 0.29) is 11.5 Å². The summed E-state index contributed by atoms with van der Waals surface area (Å²) in [5.74, 6) is 0.576. The average Bonchev–Trinajstić information content (AvgIpc) is 3.22. The Balaban J connectivity index is 1.89. The van der Waals surface area contributed by atoms with Crippen molar-refractivity contribution < 1.29 is 14.5 Å². The molecule has 0 aliphatic carbocycles. The van der Waals surface area contributed by atoms with Crippen LogP contribution in [0.3, 0.4) is 0 Å². The van der Waals surface area contributed by atoms with Crippen molar-refractivity contribution in [3.05, 3.63) is 62.6 Å². The fraction of sp³-hybridized carbons (Fsp3) is 0.0625. The summed E-state index contributed by atoms with van der Waals surface area (Å²) in [5.41, 5.74) is 2.79. The minimum absolute atomic E-state index is 0.0779. The SMILES string of the molecule is COc1ccc(-c2csc3c2-n2cc([N+](=O)[O-])cc2C3=O)cc1. The zero-order chi connectivity index (χ0) is 16.1. The molecule has 7 heteroatoms. The third-order valence-electron chi connectivity index (χ3n) is 3.86. The van der Waals surface area contributed by atoms with E-state index in [0.29, 0.717) is 16.3 Å². The van der Waals surface area contributed by atoms with Gasteiger partial charge in [0.2, 0.25) is 5.78 Å². The highest BCUT2D eigenvalue weighted by atomic mass is 32.1. The fourth-order valence-electron chi connectivity index (χ4n) is 2.75. The van der Waals surface area contributed by atoms with Gasteiger partial charge in [0.05, 0.1) is 23.9 Å². The highest BCUT2D eigenvalue weighted by Gasteiger charge is 2.34. The van der Waals surface area contributed by atoms with E-state index in [1.165, 1.54) is 23.6 Å². The topological polar surface area (TPSA) is 74.4 Å². The Morgan fingerprint density at radius 3 is 2.65 bits per heavy atom. The summed E-state index contributed by atoms with van der Waals surface area (Å²) < 4.78 is 6.77. The largest absolute Gasteiger partial charge is 0.497 e. The van der Waals surface area contributed by atoms with Crippen LogP contribution < -0.4 is 4.74 Å². The Morgan fingerprint density at radius 1 is 1.26 bits per heavy atom. The molecule has 1 aliphatic rings. The van der Waals surface area contributed by atoms with Crippen molar-refractivity contribution in [2.45, 2.75) is 0 Å². The zero-order valence-corrected chi connectivity index (χ0v) is 12.8. The number of nitro groups is 1. The maximum atomic E-state index is 12.4. The lowest BCUT2D eigenvalue weighted by Gasteiger charge is -2.05. The van der Waals surface area contributed by atoms with Crippen molar-refractivity contribution in [1.29, 1.82) is 0 Å². The molecule has 0 saturated heterocycles. The number of carbonyl (C=O) groups excluding carboxylic acids is 1. The maximum absolute atomic E-state index is 12.4. The molecule has 2 aromatic heterocycles. The molecule has 1 aromatic carbocycles. The summed E-state index contributed by atoms with van der Waals surface area (Å²) in [5, 5.41) is 12.9. The molecule has 3 heterocycles. The number of methoxy groups -OCH3 is 1. The average molecular weight is 326 g/mol. The first-order valence-corrected chi connectivity index (χ1v) is 7.66. The number of nitrogens with zero attached hydrogens (tertiary/aromatic N) is 2. The monoisotopic (exact) mass is 326 g/mol. The lowest BCUT2D eigenvalue weighted by atomic mass is 10.1. The maximum Gasteiger partial charge on any atom is 0.288 e. The second-order valence-corrected chi connectivity index (χ2v) is 5.98. The first-order chi connectivity index (χ1) is 11.1. The summed E-state index contributed by atoms with van der Waals surface area (Å²) in [4.78, 5) is 23.5. The molecular weight excluding hydrogens is 316 g/mol. The van der Waals surface area contributed by atoms with Crippen molar-refractivity contribution >= 4 is 22.8 Å². The Labute approximate surface area is 134 Å². The molecule has 0 N–H and O–H groups in total. The minimum Gasteiger partial charge on any atom is -0.497 e. The second-order valence-electron chi connectivity index (χ2n) is 5.10. The van der Waals surface area contributed by atoms with Crippen LogP contribution in [-0.4, -0.2) is 22.4 Å². The van der Waals surface area contributed by atoms with Gasteiger partial charge in [-0.25, -0.2) is 0 Å². The van der Waals surface area contributed by atoms with Gasteiger partial charge in [0.15, 0.2) is 0 Å². The van der Waals surface area contributed by atoms with Crippen LogP contribution in [0.4, 0.5) is 5.69 Å². The van der Waals surface area contributed by atoms with E-state index in [0.717, 1.165) is 16.9 Å². The smallest absolute Gasteiger partial charge is 0.288 e. The Kier molecular flexibility index (Phi) is 2.85. The Morgan fingerprint density at radius 2 is 2.00 bits per heavy atom. The molecule has 0 fully saturated rings. The molecule has 0 saturated carbocycles. The van der Waals surface area contributed by atoms with Gasteiger partial charge in [-0.3, -0.25) is 14.9 Å². The van der Waals surface area contributed by atoms with Gasteiger partial charge >= 0.3 is 0 Å². The van der Waals surface area contributed by atoms with Crippen LogP contribution in [-0.2, 0) is 0 Å². The second kappa shape index (κ2) is 4.79.